The number of hydrogen-bond donors (Lipinski definition) is 0. The molecular weight excluding hydrogens is 211 g/mol. The highest BCUT2D eigenvalue weighted by atomic mass is 19.1. The summed E-state index contributed by atoms with van der Waals surface area (Å²) in [6, 6.07) is 5.50. The van der Waals surface area contributed by atoms with Gasteiger partial charge >= 0.3 is 0 Å². The number of halogens is 1. The molecule has 0 spiro atoms. The predicted molar refractivity (Wildman–Crippen MR) is 55.2 cm³/mol. The van der Waals surface area contributed by atoms with Gasteiger partial charge in [0.15, 0.2) is 0 Å². The predicted octanol–water partition coefficient (Wildman–Crippen LogP) is 1.25. The SMILES string of the molecule is CC(=O)N(CC=O)c1ccc(C#N)cc1F. The summed E-state index contributed by atoms with van der Waals surface area (Å²) in [7, 11) is 0. The number of carbonyl (C=O) groups excluding carboxylic acids is 2. The van der Waals surface area contributed by atoms with E-state index in [-0.39, 0.29) is 17.8 Å². The molecule has 0 heterocycles. The molecule has 0 bridgehead atoms. The van der Waals surface area contributed by atoms with Crippen LogP contribution in [0, 0.1) is 17.1 Å². The van der Waals surface area contributed by atoms with Gasteiger partial charge in [0.2, 0.25) is 5.91 Å². The van der Waals surface area contributed by atoms with Crippen LogP contribution in [-0.4, -0.2) is 18.7 Å². The lowest BCUT2D eigenvalue weighted by Gasteiger charge is -2.18. The lowest BCUT2D eigenvalue weighted by atomic mass is 10.2. The van der Waals surface area contributed by atoms with Gasteiger partial charge in [-0.25, -0.2) is 4.39 Å². The number of benzene rings is 1. The molecule has 0 aromatic heterocycles. The van der Waals surface area contributed by atoms with Crippen LogP contribution in [-0.2, 0) is 9.59 Å². The van der Waals surface area contributed by atoms with E-state index in [0.717, 1.165) is 11.0 Å². The van der Waals surface area contributed by atoms with E-state index in [1.165, 1.54) is 19.1 Å². The molecule has 0 unspecified atom stereocenters. The number of nitrogens with zero attached hydrogens (tertiary/aromatic N) is 2. The molecule has 1 rings (SSSR count). The van der Waals surface area contributed by atoms with Crippen LogP contribution >= 0.6 is 0 Å². The van der Waals surface area contributed by atoms with Gasteiger partial charge in [0, 0.05) is 6.92 Å². The first-order chi connectivity index (χ1) is 7.60. The minimum atomic E-state index is -0.698. The fraction of sp³-hybridized carbons (Fsp3) is 0.182. The molecule has 0 saturated heterocycles. The second-order valence-corrected chi connectivity index (χ2v) is 3.07. The van der Waals surface area contributed by atoms with Gasteiger partial charge in [-0.05, 0) is 18.2 Å². The second kappa shape index (κ2) is 5.03. The minimum absolute atomic E-state index is 0.00130. The zero-order valence-corrected chi connectivity index (χ0v) is 8.61. The first-order valence-electron chi connectivity index (χ1n) is 4.51. The number of hydrogen-bond acceptors (Lipinski definition) is 3. The molecule has 0 N–H and O–H groups in total. The van der Waals surface area contributed by atoms with E-state index in [1.807, 2.05) is 0 Å². The highest BCUT2D eigenvalue weighted by molar-refractivity contribution is 5.94. The maximum Gasteiger partial charge on any atom is 0.224 e. The molecule has 4 nitrogen and oxygen atoms in total. The minimum Gasteiger partial charge on any atom is -0.303 e. The third-order valence-electron chi connectivity index (χ3n) is 2.00. The maximum absolute atomic E-state index is 13.5. The molecule has 0 fully saturated rings. The van der Waals surface area contributed by atoms with Crippen LogP contribution in [0.5, 0.6) is 0 Å². The molecule has 1 aromatic carbocycles. The number of rotatable bonds is 3. The summed E-state index contributed by atoms with van der Waals surface area (Å²) in [6.45, 7) is 1.03. The van der Waals surface area contributed by atoms with Crippen LogP contribution in [0.4, 0.5) is 10.1 Å². The van der Waals surface area contributed by atoms with Crippen LogP contribution in [0.1, 0.15) is 12.5 Å². The highest BCUT2D eigenvalue weighted by Crippen LogP contribution is 2.20. The molecule has 0 atom stereocenters. The van der Waals surface area contributed by atoms with Crippen molar-refractivity contribution >= 4 is 17.9 Å². The van der Waals surface area contributed by atoms with Gasteiger partial charge in [-0.15, -0.1) is 0 Å². The Hall–Kier alpha value is -2.22. The maximum atomic E-state index is 13.5. The van der Waals surface area contributed by atoms with Gasteiger partial charge < -0.3 is 9.69 Å². The summed E-state index contributed by atoms with van der Waals surface area (Å²) in [5, 5.41) is 8.55. The van der Waals surface area contributed by atoms with Crippen molar-refractivity contribution in [1.82, 2.24) is 0 Å². The van der Waals surface area contributed by atoms with Gasteiger partial charge in [0.1, 0.15) is 12.1 Å². The van der Waals surface area contributed by atoms with E-state index in [9.17, 15) is 14.0 Å². The smallest absolute Gasteiger partial charge is 0.224 e. The van der Waals surface area contributed by atoms with Gasteiger partial charge in [0.05, 0.1) is 23.9 Å². The van der Waals surface area contributed by atoms with Crippen molar-refractivity contribution in [3.8, 4) is 6.07 Å². The fourth-order valence-electron chi connectivity index (χ4n) is 1.27. The van der Waals surface area contributed by atoms with Crippen LogP contribution in [0.2, 0.25) is 0 Å². The van der Waals surface area contributed by atoms with Crippen LogP contribution < -0.4 is 4.90 Å². The number of anilines is 1. The molecule has 82 valence electrons. The van der Waals surface area contributed by atoms with Crippen molar-refractivity contribution in [3.63, 3.8) is 0 Å². The lowest BCUT2D eigenvalue weighted by molar-refractivity contribution is -0.118. The van der Waals surface area contributed by atoms with Crippen LogP contribution in [0.25, 0.3) is 0 Å². The van der Waals surface area contributed by atoms with Gasteiger partial charge in [-0.3, -0.25) is 4.79 Å². The summed E-state index contributed by atoms with van der Waals surface area (Å²) < 4.78 is 13.5. The second-order valence-electron chi connectivity index (χ2n) is 3.07. The largest absolute Gasteiger partial charge is 0.303 e. The van der Waals surface area contributed by atoms with E-state index in [4.69, 9.17) is 5.26 Å². The number of nitriles is 1. The number of amides is 1. The molecule has 5 heteroatoms. The molecule has 0 saturated carbocycles. The monoisotopic (exact) mass is 220 g/mol. The first kappa shape index (κ1) is 11.9. The summed E-state index contributed by atoms with van der Waals surface area (Å²) in [6.07, 6.45) is 0.513. The molecule has 0 radical (unpaired) electrons. The Balaban J connectivity index is 3.15. The average Bonchev–Trinajstić information content (AvgIpc) is 2.26. The Morgan fingerprint density at radius 3 is 2.75 bits per heavy atom. The van der Waals surface area contributed by atoms with E-state index in [1.54, 1.807) is 6.07 Å². The highest BCUT2D eigenvalue weighted by Gasteiger charge is 2.15. The molecule has 16 heavy (non-hydrogen) atoms. The van der Waals surface area contributed by atoms with E-state index in [0.29, 0.717) is 6.29 Å². The topological polar surface area (TPSA) is 61.2 Å². The normalized spacial score (nSPS) is 9.31. The van der Waals surface area contributed by atoms with E-state index >= 15 is 0 Å². The molecule has 0 aliphatic carbocycles. The van der Waals surface area contributed by atoms with Crippen molar-refractivity contribution < 1.29 is 14.0 Å². The zero-order valence-electron chi connectivity index (χ0n) is 8.61. The van der Waals surface area contributed by atoms with E-state index < -0.39 is 11.7 Å². The number of aldehydes is 1. The Morgan fingerprint density at radius 2 is 2.31 bits per heavy atom. The van der Waals surface area contributed by atoms with Crippen LogP contribution in [0.15, 0.2) is 18.2 Å². The Kier molecular flexibility index (Phi) is 3.72. The Bertz CT molecular complexity index is 466. The quantitative estimate of drug-likeness (QED) is 0.720. The van der Waals surface area contributed by atoms with Gasteiger partial charge in [-0.2, -0.15) is 5.26 Å². The van der Waals surface area contributed by atoms with Crippen molar-refractivity contribution in [2.24, 2.45) is 0 Å². The molecule has 0 aliphatic heterocycles. The summed E-state index contributed by atoms with van der Waals surface area (Å²) in [5.74, 6) is -1.13. The van der Waals surface area contributed by atoms with Crippen molar-refractivity contribution in [2.45, 2.75) is 6.92 Å². The third kappa shape index (κ3) is 2.42. The van der Waals surface area contributed by atoms with Crippen LogP contribution in [0.3, 0.4) is 0 Å². The standard InChI is InChI=1S/C11H9FN2O2/c1-8(16)14(4-5-15)11-3-2-9(7-13)6-10(11)12/h2-3,5-6H,4H2,1H3. The fourth-order valence-corrected chi connectivity index (χ4v) is 1.27. The summed E-state index contributed by atoms with van der Waals surface area (Å²) in [4.78, 5) is 22.5. The van der Waals surface area contributed by atoms with Gasteiger partial charge in [-0.1, -0.05) is 0 Å². The summed E-state index contributed by atoms with van der Waals surface area (Å²) >= 11 is 0. The first-order valence-corrected chi connectivity index (χ1v) is 4.51. The van der Waals surface area contributed by atoms with Crippen molar-refractivity contribution in [3.05, 3.63) is 29.6 Å². The molecular formula is C11H9FN2O2. The molecule has 1 aromatic rings. The van der Waals surface area contributed by atoms with Crippen molar-refractivity contribution in [2.75, 3.05) is 11.4 Å². The lowest BCUT2D eigenvalue weighted by Crippen LogP contribution is -2.31. The van der Waals surface area contributed by atoms with Crippen molar-refractivity contribution in [1.29, 1.82) is 5.26 Å². The zero-order chi connectivity index (χ0) is 12.1. The van der Waals surface area contributed by atoms with E-state index in [2.05, 4.69) is 0 Å². The van der Waals surface area contributed by atoms with Gasteiger partial charge in [0.25, 0.3) is 0 Å². The third-order valence-corrected chi connectivity index (χ3v) is 2.00. The molecule has 1 amide bonds. The Labute approximate surface area is 91.9 Å². The Morgan fingerprint density at radius 1 is 1.62 bits per heavy atom. The average molecular weight is 220 g/mol. The molecule has 0 aliphatic rings. The summed E-state index contributed by atoms with van der Waals surface area (Å²) in [5.41, 5.74) is 0.162. The number of carbonyl (C=O) groups is 2.